The van der Waals surface area contributed by atoms with Crippen molar-refractivity contribution in [2.24, 2.45) is 17.8 Å². The fourth-order valence-electron chi connectivity index (χ4n) is 3.03. The van der Waals surface area contributed by atoms with Crippen LogP contribution >= 0.6 is 27.5 Å². The van der Waals surface area contributed by atoms with Crippen LogP contribution in [0.2, 0.25) is 5.02 Å². The van der Waals surface area contributed by atoms with E-state index in [2.05, 4.69) is 21.2 Å². The predicted octanol–water partition coefficient (Wildman–Crippen LogP) is 4.09. The Hall–Kier alpha value is -0.540. The van der Waals surface area contributed by atoms with Gasteiger partial charge in [0.05, 0.1) is 15.2 Å². The van der Waals surface area contributed by atoms with Gasteiger partial charge in [-0.25, -0.2) is 0 Å². The van der Waals surface area contributed by atoms with E-state index in [1.165, 1.54) is 19.3 Å². The third-order valence-electron chi connectivity index (χ3n) is 3.92. The van der Waals surface area contributed by atoms with E-state index in [0.717, 1.165) is 10.2 Å². The van der Waals surface area contributed by atoms with Crippen LogP contribution in [0.1, 0.15) is 19.3 Å². The van der Waals surface area contributed by atoms with Gasteiger partial charge in [-0.3, -0.25) is 4.79 Å². The molecule has 4 heteroatoms. The van der Waals surface area contributed by atoms with Crippen molar-refractivity contribution in [3.05, 3.63) is 27.7 Å². The number of benzene rings is 1. The quantitative estimate of drug-likeness (QED) is 0.875. The summed E-state index contributed by atoms with van der Waals surface area (Å²) in [4.78, 5) is 12.1. The number of amides is 1. The smallest absolute Gasteiger partial charge is 0.228 e. The van der Waals surface area contributed by atoms with E-state index in [1.807, 2.05) is 12.1 Å². The highest BCUT2D eigenvalue weighted by Gasteiger charge is 2.56. The lowest BCUT2D eigenvalue weighted by Gasteiger charge is -2.09. The summed E-state index contributed by atoms with van der Waals surface area (Å²) in [5.74, 6) is 1.69. The molecule has 1 amide bonds. The molecule has 1 aromatic carbocycles. The summed E-state index contributed by atoms with van der Waals surface area (Å²) in [6.45, 7) is 0. The molecular formula is C13H13BrClNO. The second-order valence-electron chi connectivity index (χ2n) is 4.88. The van der Waals surface area contributed by atoms with Gasteiger partial charge in [-0.05, 0) is 52.7 Å². The minimum Gasteiger partial charge on any atom is -0.325 e. The number of fused-ring (bicyclic) bond motifs is 1. The number of hydrogen-bond donors (Lipinski definition) is 1. The van der Waals surface area contributed by atoms with Crippen LogP contribution in [-0.2, 0) is 4.79 Å². The first kappa shape index (κ1) is 11.5. The van der Waals surface area contributed by atoms with Gasteiger partial charge in [-0.15, -0.1) is 0 Å². The second-order valence-corrected chi connectivity index (χ2v) is 6.08. The number of anilines is 1. The molecule has 0 saturated heterocycles. The highest BCUT2D eigenvalue weighted by Crippen LogP contribution is 2.57. The van der Waals surface area contributed by atoms with Crippen molar-refractivity contribution < 1.29 is 4.79 Å². The van der Waals surface area contributed by atoms with Gasteiger partial charge in [-0.2, -0.15) is 0 Å². The first-order chi connectivity index (χ1) is 8.18. The zero-order valence-electron chi connectivity index (χ0n) is 9.25. The molecule has 2 saturated carbocycles. The largest absolute Gasteiger partial charge is 0.325 e. The molecule has 0 aromatic heterocycles. The second kappa shape index (κ2) is 4.29. The Kier molecular flexibility index (Phi) is 2.91. The van der Waals surface area contributed by atoms with Crippen LogP contribution in [0.3, 0.4) is 0 Å². The van der Waals surface area contributed by atoms with E-state index in [-0.39, 0.29) is 11.8 Å². The number of nitrogens with one attached hydrogen (secondary N) is 1. The number of rotatable bonds is 2. The van der Waals surface area contributed by atoms with Crippen molar-refractivity contribution in [2.75, 3.05) is 5.32 Å². The molecule has 2 aliphatic carbocycles. The normalized spacial score (nSPS) is 29.9. The Morgan fingerprint density at radius 3 is 2.76 bits per heavy atom. The Morgan fingerprint density at radius 2 is 2.06 bits per heavy atom. The van der Waals surface area contributed by atoms with Crippen molar-refractivity contribution >= 4 is 39.1 Å². The Labute approximate surface area is 114 Å². The van der Waals surface area contributed by atoms with Gasteiger partial charge in [0, 0.05) is 5.92 Å². The van der Waals surface area contributed by atoms with E-state index in [9.17, 15) is 4.79 Å². The maximum absolute atomic E-state index is 12.1. The minimum absolute atomic E-state index is 0.155. The fraction of sp³-hybridized carbons (Fsp3) is 0.462. The molecule has 0 aliphatic heterocycles. The van der Waals surface area contributed by atoms with E-state index in [4.69, 9.17) is 11.6 Å². The van der Waals surface area contributed by atoms with Gasteiger partial charge >= 0.3 is 0 Å². The SMILES string of the molecule is O=C(Nc1cccc(Cl)c1Br)C1C2CCCC21. The van der Waals surface area contributed by atoms with E-state index in [1.54, 1.807) is 6.07 Å². The van der Waals surface area contributed by atoms with Gasteiger partial charge in [0.2, 0.25) is 5.91 Å². The highest BCUT2D eigenvalue weighted by molar-refractivity contribution is 9.10. The summed E-state index contributed by atoms with van der Waals surface area (Å²) >= 11 is 9.38. The molecule has 2 atom stereocenters. The van der Waals surface area contributed by atoms with Crippen LogP contribution in [0, 0.1) is 17.8 Å². The maximum atomic E-state index is 12.1. The molecular weight excluding hydrogens is 302 g/mol. The van der Waals surface area contributed by atoms with Gasteiger partial charge < -0.3 is 5.32 Å². The summed E-state index contributed by atoms with van der Waals surface area (Å²) in [6, 6.07) is 5.51. The standard InChI is InChI=1S/C13H13BrClNO/c14-12-9(15)5-2-6-10(12)16-13(17)11-7-3-1-4-8(7)11/h2,5-8,11H,1,3-4H2,(H,16,17). The molecule has 0 spiro atoms. The summed E-state index contributed by atoms with van der Waals surface area (Å²) in [7, 11) is 0. The number of halogens is 2. The summed E-state index contributed by atoms with van der Waals surface area (Å²) in [5.41, 5.74) is 0.771. The summed E-state index contributed by atoms with van der Waals surface area (Å²) < 4.78 is 0.765. The Morgan fingerprint density at radius 1 is 1.35 bits per heavy atom. The minimum atomic E-state index is 0.155. The average molecular weight is 315 g/mol. The predicted molar refractivity (Wildman–Crippen MR) is 72.1 cm³/mol. The Bertz CT molecular complexity index is 466. The van der Waals surface area contributed by atoms with Crippen LogP contribution in [0.15, 0.2) is 22.7 Å². The molecule has 1 aromatic rings. The van der Waals surface area contributed by atoms with Crippen LogP contribution in [-0.4, -0.2) is 5.91 Å². The van der Waals surface area contributed by atoms with Gasteiger partial charge in [0.1, 0.15) is 0 Å². The number of carbonyl (C=O) groups is 1. The van der Waals surface area contributed by atoms with Crippen molar-refractivity contribution in [1.82, 2.24) is 0 Å². The molecule has 2 fully saturated rings. The molecule has 0 radical (unpaired) electrons. The zero-order chi connectivity index (χ0) is 12.0. The molecule has 1 N–H and O–H groups in total. The lowest BCUT2D eigenvalue weighted by Crippen LogP contribution is -2.16. The molecule has 0 bridgehead atoms. The molecule has 2 aliphatic rings. The molecule has 0 heterocycles. The van der Waals surface area contributed by atoms with E-state index < -0.39 is 0 Å². The van der Waals surface area contributed by atoms with Crippen molar-refractivity contribution in [3.8, 4) is 0 Å². The molecule has 3 rings (SSSR count). The number of carbonyl (C=O) groups excluding carboxylic acids is 1. The lowest BCUT2D eigenvalue weighted by molar-refractivity contribution is -0.118. The monoisotopic (exact) mass is 313 g/mol. The summed E-state index contributed by atoms with van der Waals surface area (Å²) in [5, 5.41) is 3.60. The van der Waals surface area contributed by atoms with E-state index in [0.29, 0.717) is 16.9 Å². The topological polar surface area (TPSA) is 29.1 Å². The first-order valence-corrected chi connectivity index (χ1v) is 7.10. The molecule has 2 unspecified atom stereocenters. The van der Waals surface area contributed by atoms with Gasteiger partial charge in [0.15, 0.2) is 0 Å². The van der Waals surface area contributed by atoms with E-state index >= 15 is 0 Å². The molecule has 17 heavy (non-hydrogen) atoms. The highest BCUT2D eigenvalue weighted by atomic mass is 79.9. The van der Waals surface area contributed by atoms with Crippen molar-refractivity contribution in [3.63, 3.8) is 0 Å². The Balaban J connectivity index is 1.71. The fourth-order valence-corrected chi connectivity index (χ4v) is 3.56. The van der Waals surface area contributed by atoms with Crippen LogP contribution in [0.25, 0.3) is 0 Å². The average Bonchev–Trinajstić information content (AvgIpc) is 2.79. The third-order valence-corrected chi connectivity index (χ3v) is 5.32. The van der Waals surface area contributed by atoms with Gasteiger partial charge in [0.25, 0.3) is 0 Å². The first-order valence-electron chi connectivity index (χ1n) is 5.93. The molecule has 2 nitrogen and oxygen atoms in total. The lowest BCUT2D eigenvalue weighted by atomic mass is 10.1. The van der Waals surface area contributed by atoms with Crippen LogP contribution < -0.4 is 5.32 Å². The zero-order valence-corrected chi connectivity index (χ0v) is 11.6. The summed E-state index contributed by atoms with van der Waals surface area (Å²) in [6.07, 6.45) is 3.74. The van der Waals surface area contributed by atoms with Crippen molar-refractivity contribution in [2.45, 2.75) is 19.3 Å². The maximum Gasteiger partial charge on any atom is 0.228 e. The van der Waals surface area contributed by atoms with Crippen molar-refractivity contribution in [1.29, 1.82) is 0 Å². The molecule has 90 valence electrons. The number of hydrogen-bond acceptors (Lipinski definition) is 1. The van der Waals surface area contributed by atoms with Crippen LogP contribution in [0.5, 0.6) is 0 Å². The third kappa shape index (κ3) is 2.00. The van der Waals surface area contributed by atoms with Crippen LogP contribution in [0.4, 0.5) is 5.69 Å². The van der Waals surface area contributed by atoms with Gasteiger partial charge in [-0.1, -0.05) is 24.1 Å².